The quantitative estimate of drug-likeness (QED) is 0.665. The number of amides is 1. The molecule has 0 radical (unpaired) electrons. The summed E-state index contributed by atoms with van der Waals surface area (Å²) < 4.78 is 27.1. The zero-order chi connectivity index (χ0) is 17.4. The van der Waals surface area contributed by atoms with Crippen molar-refractivity contribution in [3.05, 3.63) is 24.3 Å². The van der Waals surface area contributed by atoms with Crippen molar-refractivity contribution in [2.45, 2.75) is 62.3 Å². The van der Waals surface area contributed by atoms with Crippen molar-refractivity contribution in [2.24, 2.45) is 5.73 Å². The summed E-state index contributed by atoms with van der Waals surface area (Å²) in [5.74, 6) is -0.642. The number of rotatable bonds is 0. The number of carbonyl (C=O) groups excluding carboxylic acids is 1. The summed E-state index contributed by atoms with van der Waals surface area (Å²) in [7, 11) is -3.93. The molecular weight excluding hydrogens is 326 g/mol. The van der Waals surface area contributed by atoms with E-state index in [2.05, 4.69) is 10.0 Å². The zero-order valence-electron chi connectivity index (χ0n) is 14.0. The van der Waals surface area contributed by atoms with Crippen LogP contribution in [0.25, 0.3) is 0 Å². The predicted molar refractivity (Wildman–Crippen MR) is 95.2 cm³/mol. The molecule has 134 valence electrons. The molecular formula is C17H27N3O3S. The lowest BCUT2D eigenvalue weighted by Crippen LogP contribution is -2.43. The molecule has 1 aromatic carbocycles. The molecule has 1 aromatic rings. The maximum absolute atomic E-state index is 12.5. The monoisotopic (exact) mass is 353 g/mol. The average Bonchev–Trinajstić information content (AvgIpc) is 2.55. The highest BCUT2D eigenvalue weighted by atomic mass is 32.2. The molecule has 0 aromatic heterocycles. The van der Waals surface area contributed by atoms with Crippen LogP contribution in [0, 0.1) is 0 Å². The number of fused-ring (bicyclic) bond motifs is 1. The van der Waals surface area contributed by atoms with Crippen LogP contribution in [0.1, 0.15) is 51.4 Å². The molecule has 0 bridgehead atoms. The second-order valence-corrected chi connectivity index (χ2v) is 7.91. The molecule has 24 heavy (non-hydrogen) atoms. The number of anilines is 1. The van der Waals surface area contributed by atoms with Crippen LogP contribution >= 0.6 is 0 Å². The topological polar surface area (TPSA) is 101 Å². The van der Waals surface area contributed by atoms with Gasteiger partial charge in [-0.15, -0.1) is 0 Å². The van der Waals surface area contributed by atoms with Crippen molar-refractivity contribution < 1.29 is 13.2 Å². The summed E-state index contributed by atoms with van der Waals surface area (Å²) in [6.45, 7) is 0.708. The molecule has 1 unspecified atom stereocenters. The highest BCUT2D eigenvalue weighted by molar-refractivity contribution is 7.90. The fraction of sp³-hybridized carbons (Fsp3) is 0.588. The third-order valence-corrected chi connectivity index (χ3v) is 5.66. The lowest BCUT2D eigenvalue weighted by molar-refractivity contribution is -0.120. The van der Waals surface area contributed by atoms with Crippen LogP contribution < -0.4 is 15.8 Å². The number of benzene rings is 1. The summed E-state index contributed by atoms with van der Waals surface area (Å²) >= 11 is 0. The fourth-order valence-electron chi connectivity index (χ4n) is 2.84. The maximum atomic E-state index is 12.5. The first-order valence-electron chi connectivity index (χ1n) is 8.66. The summed E-state index contributed by atoms with van der Waals surface area (Å²) in [6, 6.07) is 5.82. The molecule has 1 heterocycles. The second-order valence-electron chi connectivity index (χ2n) is 6.26. The van der Waals surface area contributed by atoms with Gasteiger partial charge in [0.2, 0.25) is 0 Å². The van der Waals surface area contributed by atoms with Gasteiger partial charge in [0, 0.05) is 6.54 Å². The van der Waals surface area contributed by atoms with Gasteiger partial charge in [-0.2, -0.15) is 0 Å². The molecule has 0 saturated heterocycles. The van der Waals surface area contributed by atoms with Gasteiger partial charge in [0.15, 0.2) is 0 Å². The van der Waals surface area contributed by atoms with E-state index in [-0.39, 0.29) is 4.90 Å². The Morgan fingerprint density at radius 3 is 2.33 bits per heavy atom. The van der Waals surface area contributed by atoms with E-state index >= 15 is 0 Å². The summed E-state index contributed by atoms with van der Waals surface area (Å²) in [5, 5.41) is 3.17. The maximum Gasteiger partial charge on any atom is 0.266 e. The van der Waals surface area contributed by atoms with E-state index in [1.165, 1.54) is 18.9 Å². The van der Waals surface area contributed by atoms with Crippen molar-refractivity contribution in [1.82, 2.24) is 4.72 Å². The van der Waals surface area contributed by atoms with Crippen LogP contribution in [-0.2, 0) is 14.8 Å². The molecule has 0 aliphatic carbocycles. The molecule has 1 amide bonds. The number of hydrogen-bond donors (Lipinski definition) is 3. The molecule has 0 spiro atoms. The van der Waals surface area contributed by atoms with Crippen LogP contribution in [0.4, 0.5) is 5.69 Å². The van der Waals surface area contributed by atoms with Gasteiger partial charge in [-0.3, -0.25) is 4.79 Å². The SMILES string of the molecule is NC1CCCCCCCCCNc2ccccc2S(=O)(=O)NC1=O. The van der Waals surface area contributed by atoms with Gasteiger partial charge in [-0.1, -0.05) is 50.7 Å². The summed E-state index contributed by atoms with van der Waals surface area (Å²) in [4.78, 5) is 12.2. The third kappa shape index (κ3) is 5.49. The van der Waals surface area contributed by atoms with Gasteiger partial charge in [-0.05, 0) is 25.0 Å². The minimum absolute atomic E-state index is 0.0812. The van der Waals surface area contributed by atoms with Crippen molar-refractivity contribution in [3.63, 3.8) is 0 Å². The smallest absolute Gasteiger partial charge is 0.266 e. The number of hydrogen-bond acceptors (Lipinski definition) is 5. The van der Waals surface area contributed by atoms with Crippen LogP contribution in [0.15, 0.2) is 29.2 Å². The first-order valence-corrected chi connectivity index (χ1v) is 10.1. The zero-order valence-corrected chi connectivity index (χ0v) is 14.8. The second kappa shape index (κ2) is 9.03. The number of sulfonamides is 1. The van der Waals surface area contributed by atoms with E-state index < -0.39 is 22.0 Å². The van der Waals surface area contributed by atoms with E-state index in [1.807, 2.05) is 0 Å². The molecule has 1 atom stereocenters. The number of para-hydroxylation sites is 1. The van der Waals surface area contributed by atoms with Crippen molar-refractivity contribution in [1.29, 1.82) is 0 Å². The minimum Gasteiger partial charge on any atom is -0.384 e. The van der Waals surface area contributed by atoms with Gasteiger partial charge in [0.1, 0.15) is 4.90 Å². The van der Waals surface area contributed by atoms with Crippen molar-refractivity contribution >= 4 is 21.6 Å². The lowest BCUT2D eigenvalue weighted by Gasteiger charge is -2.16. The van der Waals surface area contributed by atoms with Crippen molar-refractivity contribution in [3.8, 4) is 0 Å². The molecule has 7 heteroatoms. The molecule has 0 fully saturated rings. The Bertz CT molecular complexity index is 646. The van der Waals surface area contributed by atoms with Crippen LogP contribution in [-0.4, -0.2) is 26.9 Å². The first kappa shape index (κ1) is 18.7. The fourth-order valence-corrected chi connectivity index (χ4v) is 4.05. The standard InChI is InChI=1S/C17H27N3O3S/c18-14-10-6-4-2-1-3-5-9-13-19-15-11-7-8-12-16(15)24(22,23)20-17(14)21/h7-8,11-12,14,19H,1-6,9-10,13,18H2,(H,20,21). The van der Waals surface area contributed by atoms with E-state index in [0.29, 0.717) is 18.7 Å². The largest absolute Gasteiger partial charge is 0.384 e. The Balaban J connectivity index is 2.18. The predicted octanol–water partition coefficient (Wildman–Crippen LogP) is 2.37. The number of carbonyl (C=O) groups is 1. The van der Waals surface area contributed by atoms with E-state index in [9.17, 15) is 13.2 Å². The van der Waals surface area contributed by atoms with E-state index in [1.54, 1.807) is 18.2 Å². The lowest BCUT2D eigenvalue weighted by atomic mass is 10.1. The molecule has 0 saturated carbocycles. The highest BCUT2D eigenvalue weighted by Gasteiger charge is 2.24. The van der Waals surface area contributed by atoms with Crippen molar-refractivity contribution in [2.75, 3.05) is 11.9 Å². The van der Waals surface area contributed by atoms with Gasteiger partial charge in [-0.25, -0.2) is 13.1 Å². The van der Waals surface area contributed by atoms with Gasteiger partial charge < -0.3 is 11.1 Å². The highest BCUT2D eigenvalue weighted by Crippen LogP contribution is 2.21. The number of nitrogens with two attached hydrogens (primary N) is 1. The molecule has 4 N–H and O–H groups in total. The van der Waals surface area contributed by atoms with Crippen LogP contribution in [0.2, 0.25) is 0 Å². The Labute approximate surface area is 144 Å². The average molecular weight is 353 g/mol. The van der Waals surface area contributed by atoms with Gasteiger partial charge in [0.05, 0.1) is 11.7 Å². The molecule has 6 nitrogen and oxygen atoms in total. The Morgan fingerprint density at radius 2 is 1.58 bits per heavy atom. The minimum atomic E-state index is -3.93. The summed E-state index contributed by atoms with van der Waals surface area (Å²) in [5.41, 5.74) is 6.35. The number of nitrogens with one attached hydrogen (secondary N) is 2. The van der Waals surface area contributed by atoms with Crippen LogP contribution in [0.5, 0.6) is 0 Å². The normalized spacial score (nSPS) is 23.5. The van der Waals surface area contributed by atoms with Crippen LogP contribution in [0.3, 0.4) is 0 Å². The molecule has 1 aliphatic rings. The molecule has 2 rings (SSSR count). The van der Waals surface area contributed by atoms with Gasteiger partial charge >= 0.3 is 0 Å². The third-order valence-electron chi connectivity index (χ3n) is 4.26. The summed E-state index contributed by atoms with van der Waals surface area (Å²) in [6.07, 6.45) is 7.97. The van der Waals surface area contributed by atoms with E-state index in [4.69, 9.17) is 5.73 Å². The Morgan fingerprint density at radius 1 is 0.958 bits per heavy atom. The van der Waals surface area contributed by atoms with E-state index in [0.717, 1.165) is 32.1 Å². The molecule has 1 aliphatic heterocycles. The Hall–Kier alpha value is -1.60. The van der Waals surface area contributed by atoms with Gasteiger partial charge in [0.25, 0.3) is 15.9 Å². The first-order chi connectivity index (χ1) is 11.5. The Kier molecular flexibility index (Phi) is 7.05.